The molecule has 7 nitrogen and oxygen atoms in total. The van der Waals surface area contributed by atoms with Gasteiger partial charge in [-0.2, -0.15) is 0 Å². The lowest BCUT2D eigenvalue weighted by Gasteiger charge is -2.39. The summed E-state index contributed by atoms with van der Waals surface area (Å²) in [5.41, 5.74) is -0.666. The highest BCUT2D eigenvalue weighted by molar-refractivity contribution is 5.71. The van der Waals surface area contributed by atoms with Crippen LogP contribution < -0.4 is 0 Å². The van der Waals surface area contributed by atoms with Crippen LogP contribution in [0.25, 0.3) is 0 Å². The quantitative estimate of drug-likeness (QED) is 0.805. The first-order valence-corrected chi connectivity index (χ1v) is 6.54. The summed E-state index contributed by atoms with van der Waals surface area (Å²) in [6.45, 7) is 1.42. The number of hydrogen-bond acceptors (Lipinski definition) is 5. The third kappa shape index (κ3) is 2.35. The molecule has 19 heavy (non-hydrogen) atoms. The number of nitrogens with zero attached hydrogens (tertiary/aromatic N) is 3. The van der Waals surface area contributed by atoms with Crippen molar-refractivity contribution in [3.63, 3.8) is 0 Å². The van der Waals surface area contributed by atoms with Crippen molar-refractivity contribution in [2.24, 2.45) is 5.92 Å². The second-order valence-electron chi connectivity index (χ2n) is 5.44. The molecule has 2 fully saturated rings. The fourth-order valence-electron chi connectivity index (χ4n) is 2.74. The Bertz CT molecular complexity index is 475. The lowest BCUT2D eigenvalue weighted by molar-refractivity contribution is -0.160. The van der Waals surface area contributed by atoms with E-state index in [0.29, 0.717) is 12.2 Å². The Morgan fingerprint density at radius 2 is 2.37 bits per heavy atom. The SMILES string of the molecule is O=C(O)C1CC(O)(c2cn(CC3CCCO3)nn2)C1. The Balaban J connectivity index is 1.63. The molecule has 0 aromatic carbocycles. The molecule has 3 rings (SSSR count). The van der Waals surface area contributed by atoms with E-state index < -0.39 is 17.5 Å². The summed E-state index contributed by atoms with van der Waals surface area (Å²) in [6, 6.07) is 0. The minimum Gasteiger partial charge on any atom is -0.481 e. The molecule has 1 aliphatic carbocycles. The summed E-state index contributed by atoms with van der Waals surface area (Å²) in [4.78, 5) is 10.8. The summed E-state index contributed by atoms with van der Waals surface area (Å²) >= 11 is 0. The van der Waals surface area contributed by atoms with Gasteiger partial charge in [-0.1, -0.05) is 5.21 Å². The van der Waals surface area contributed by atoms with Gasteiger partial charge in [0, 0.05) is 6.61 Å². The minimum atomic E-state index is -1.13. The van der Waals surface area contributed by atoms with Crippen LogP contribution in [0.4, 0.5) is 0 Å². The van der Waals surface area contributed by atoms with Crippen molar-refractivity contribution in [3.8, 4) is 0 Å². The van der Waals surface area contributed by atoms with E-state index in [9.17, 15) is 9.90 Å². The number of hydrogen-bond donors (Lipinski definition) is 2. The molecule has 1 unspecified atom stereocenters. The largest absolute Gasteiger partial charge is 0.481 e. The molecule has 0 amide bonds. The van der Waals surface area contributed by atoms with E-state index in [1.165, 1.54) is 0 Å². The van der Waals surface area contributed by atoms with Crippen molar-refractivity contribution in [2.45, 2.75) is 43.9 Å². The Kier molecular flexibility index (Phi) is 3.02. The molecule has 0 radical (unpaired) electrons. The first-order valence-electron chi connectivity index (χ1n) is 6.54. The van der Waals surface area contributed by atoms with E-state index in [1.54, 1.807) is 10.9 Å². The van der Waals surface area contributed by atoms with Crippen molar-refractivity contribution < 1.29 is 19.7 Å². The molecule has 1 aromatic heterocycles. The zero-order chi connectivity index (χ0) is 13.5. The monoisotopic (exact) mass is 267 g/mol. The van der Waals surface area contributed by atoms with Gasteiger partial charge in [-0.15, -0.1) is 5.10 Å². The van der Waals surface area contributed by atoms with Gasteiger partial charge in [-0.05, 0) is 25.7 Å². The van der Waals surface area contributed by atoms with Crippen LogP contribution in [0.15, 0.2) is 6.20 Å². The van der Waals surface area contributed by atoms with Gasteiger partial charge in [0.25, 0.3) is 0 Å². The summed E-state index contributed by atoms with van der Waals surface area (Å²) in [5, 5.41) is 27.0. The van der Waals surface area contributed by atoms with Crippen LogP contribution in [0, 0.1) is 5.92 Å². The molecule has 7 heteroatoms. The Hall–Kier alpha value is -1.47. The van der Waals surface area contributed by atoms with E-state index in [-0.39, 0.29) is 18.9 Å². The average molecular weight is 267 g/mol. The molecule has 1 saturated heterocycles. The van der Waals surface area contributed by atoms with Crippen molar-refractivity contribution in [3.05, 3.63) is 11.9 Å². The van der Waals surface area contributed by atoms with Crippen LogP contribution in [0.5, 0.6) is 0 Å². The van der Waals surface area contributed by atoms with Gasteiger partial charge in [0.05, 0.1) is 24.8 Å². The maximum atomic E-state index is 10.8. The Morgan fingerprint density at radius 3 is 3.00 bits per heavy atom. The van der Waals surface area contributed by atoms with Gasteiger partial charge in [0.15, 0.2) is 0 Å². The molecule has 1 aliphatic heterocycles. The number of aliphatic hydroxyl groups is 1. The number of aromatic nitrogens is 3. The Morgan fingerprint density at radius 1 is 1.58 bits per heavy atom. The van der Waals surface area contributed by atoms with Gasteiger partial charge in [0.1, 0.15) is 11.3 Å². The van der Waals surface area contributed by atoms with Crippen LogP contribution in [0.1, 0.15) is 31.4 Å². The van der Waals surface area contributed by atoms with Crippen LogP contribution in [0.2, 0.25) is 0 Å². The van der Waals surface area contributed by atoms with Crippen LogP contribution in [-0.2, 0) is 21.7 Å². The fourth-order valence-corrected chi connectivity index (χ4v) is 2.74. The van der Waals surface area contributed by atoms with Crippen molar-refractivity contribution in [2.75, 3.05) is 6.61 Å². The second kappa shape index (κ2) is 4.57. The molecular formula is C12H17N3O4. The molecule has 1 atom stereocenters. The molecule has 2 heterocycles. The van der Waals surface area contributed by atoms with Crippen molar-refractivity contribution in [1.82, 2.24) is 15.0 Å². The van der Waals surface area contributed by atoms with Gasteiger partial charge in [0.2, 0.25) is 0 Å². The molecule has 1 saturated carbocycles. The third-order valence-electron chi connectivity index (χ3n) is 3.95. The first-order chi connectivity index (χ1) is 9.07. The first kappa shape index (κ1) is 12.6. The second-order valence-corrected chi connectivity index (χ2v) is 5.44. The van der Waals surface area contributed by atoms with Crippen LogP contribution >= 0.6 is 0 Å². The third-order valence-corrected chi connectivity index (χ3v) is 3.95. The molecule has 2 N–H and O–H groups in total. The smallest absolute Gasteiger partial charge is 0.306 e. The lowest BCUT2D eigenvalue weighted by atomic mass is 9.69. The van der Waals surface area contributed by atoms with E-state index in [0.717, 1.165) is 19.4 Å². The summed E-state index contributed by atoms with van der Waals surface area (Å²) in [6.07, 6.45) is 4.36. The number of carboxylic acid groups (broad SMARTS) is 1. The zero-order valence-corrected chi connectivity index (χ0v) is 10.5. The van der Waals surface area contributed by atoms with E-state index in [2.05, 4.69) is 10.3 Å². The van der Waals surface area contributed by atoms with E-state index >= 15 is 0 Å². The summed E-state index contributed by atoms with van der Waals surface area (Å²) in [5.74, 6) is -1.34. The molecule has 0 bridgehead atoms. The van der Waals surface area contributed by atoms with Crippen LogP contribution in [-0.4, -0.2) is 43.9 Å². The van der Waals surface area contributed by atoms with Gasteiger partial charge in [-0.25, -0.2) is 4.68 Å². The predicted molar refractivity (Wildman–Crippen MR) is 63.3 cm³/mol. The Labute approximate surface area is 110 Å². The highest BCUT2D eigenvalue weighted by Gasteiger charge is 2.49. The number of carboxylic acids is 1. The number of aliphatic carboxylic acids is 1. The van der Waals surface area contributed by atoms with Crippen molar-refractivity contribution >= 4 is 5.97 Å². The molecular weight excluding hydrogens is 250 g/mol. The fraction of sp³-hybridized carbons (Fsp3) is 0.750. The lowest BCUT2D eigenvalue weighted by Crippen LogP contribution is -2.44. The summed E-state index contributed by atoms with van der Waals surface area (Å²) < 4.78 is 7.18. The maximum Gasteiger partial charge on any atom is 0.306 e. The topological polar surface area (TPSA) is 97.5 Å². The highest BCUT2D eigenvalue weighted by Crippen LogP contribution is 2.44. The molecule has 2 aliphatic rings. The van der Waals surface area contributed by atoms with Gasteiger partial charge < -0.3 is 14.9 Å². The number of ether oxygens (including phenoxy) is 1. The summed E-state index contributed by atoms with van der Waals surface area (Å²) in [7, 11) is 0. The maximum absolute atomic E-state index is 10.8. The predicted octanol–water partition coefficient (Wildman–Crippen LogP) is 0.139. The zero-order valence-electron chi connectivity index (χ0n) is 10.5. The average Bonchev–Trinajstić information content (AvgIpc) is 2.96. The van der Waals surface area contributed by atoms with Gasteiger partial charge in [-0.3, -0.25) is 4.79 Å². The van der Waals surface area contributed by atoms with E-state index in [4.69, 9.17) is 9.84 Å². The van der Waals surface area contributed by atoms with E-state index in [1.807, 2.05) is 0 Å². The van der Waals surface area contributed by atoms with Crippen LogP contribution in [0.3, 0.4) is 0 Å². The number of carbonyl (C=O) groups is 1. The standard InChI is InChI=1S/C12H17N3O4/c16-11(17)8-4-12(18,5-8)10-7-15(14-13-10)6-9-2-1-3-19-9/h7-9,18H,1-6H2,(H,16,17). The molecule has 104 valence electrons. The normalized spacial score (nSPS) is 34.2. The molecule has 0 spiro atoms. The van der Waals surface area contributed by atoms with Gasteiger partial charge >= 0.3 is 5.97 Å². The molecule has 1 aromatic rings. The number of rotatable bonds is 4. The highest BCUT2D eigenvalue weighted by atomic mass is 16.5. The minimum absolute atomic E-state index is 0.164. The van der Waals surface area contributed by atoms with Crippen molar-refractivity contribution in [1.29, 1.82) is 0 Å².